The lowest BCUT2D eigenvalue weighted by atomic mass is 9.86. The first-order valence-electron chi connectivity index (χ1n) is 11.5. The molecule has 1 aliphatic carbocycles. The molecular formula is C25H28F3N5O2. The minimum Gasteiger partial charge on any atom is -0.406 e. The molecule has 3 aromatic rings. The van der Waals surface area contributed by atoms with Crippen LogP contribution in [0.3, 0.4) is 0 Å². The largest absolute Gasteiger partial charge is 0.573 e. The van der Waals surface area contributed by atoms with Gasteiger partial charge in [0, 0.05) is 37.6 Å². The molecule has 2 aromatic carbocycles. The highest BCUT2D eigenvalue weighted by atomic mass is 19.4. The molecule has 1 heterocycles. The van der Waals surface area contributed by atoms with E-state index in [1.54, 1.807) is 0 Å². The van der Waals surface area contributed by atoms with Gasteiger partial charge in [0.05, 0.1) is 5.52 Å². The van der Waals surface area contributed by atoms with Crippen molar-refractivity contribution in [3.63, 3.8) is 0 Å². The fourth-order valence-electron chi connectivity index (χ4n) is 4.33. The van der Waals surface area contributed by atoms with Gasteiger partial charge in [0.25, 0.3) is 5.91 Å². The summed E-state index contributed by atoms with van der Waals surface area (Å²) in [4.78, 5) is 23.8. The van der Waals surface area contributed by atoms with E-state index in [0.29, 0.717) is 18.4 Å². The normalized spacial score (nSPS) is 18.2. The number of nitrogens with one attached hydrogen (secondary N) is 2. The van der Waals surface area contributed by atoms with Gasteiger partial charge >= 0.3 is 6.36 Å². The number of hydrogen-bond donors (Lipinski definition) is 2. The molecule has 1 aliphatic rings. The van der Waals surface area contributed by atoms with Gasteiger partial charge in [-0.15, -0.1) is 13.2 Å². The van der Waals surface area contributed by atoms with Crippen LogP contribution < -0.4 is 20.3 Å². The highest BCUT2D eigenvalue weighted by Gasteiger charge is 2.31. The van der Waals surface area contributed by atoms with Crippen molar-refractivity contribution in [2.45, 2.75) is 38.1 Å². The summed E-state index contributed by atoms with van der Waals surface area (Å²) in [5.41, 5.74) is 1.02. The number of rotatable bonds is 7. The third-order valence-corrected chi connectivity index (χ3v) is 6.07. The summed E-state index contributed by atoms with van der Waals surface area (Å²) in [5.74, 6) is 0.925. The van der Waals surface area contributed by atoms with Gasteiger partial charge < -0.3 is 20.3 Å². The minimum atomic E-state index is -4.80. The predicted octanol–water partition coefficient (Wildman–Crippen LogP) is 5.00. The van der Waals surface area contributed by atoms with Crippen molar-refractivity contribution >= 4 is 28.6 Å². The molecule has 10 heteroatoms. The Kier molecular flexibility index (Phi) is 7.28. The Morgan fingerprint density at radius 3 is 2.51 bits per heavy atom. The van der Waals surface area contributed by atoms with Crippen molar-refractivity contribution in [2.75, 3.05) is 30.9 Å². The number of carbonyl (C=O) groups excluding carboxylic acids is 1. The molecule has 7 nitrogen and oxygen atoms in total. The zero-order valence-corrected chi connectivity index (χ0v) is 19.6. The maximum Gasteiger partial charge on any atom is 0.573 e. The van der Waals surface area contributed by atoms with E-state index in [0.717, 1.165) is 48.5 Å². The minimum absolute atomic E-state index is 0.132. The van der Waals surface area contributed by atoms with Crippen LogP contribution in [0.1, 0.15) is 36.0 Å². The number of aromatic nitrogens is 2. The second kappa shape index (κ2) is 10.4. The molecule has 4 rings (SSSR count). The Bertz CT molecular complexity index is 1180. The molecule has 1 fully saturated rings. The first-order chi connectivity index (χ1) is 16.7. The van der Waals surface area contributed by atoms with E-state index in [9.17, 15) is 18.0 Å². The molecule has 1 saturated carbocycles. The zero-order valence-electron chi connectivity index (χ0n) is 19.6. The monoisotopic (exact) mass is 487 g/mol. The van der Waals surface area contributed by atoms with E-state index >= 15 is 0 Å². The van der Waals surface area contributed by atoms with Crippen LogP contribution in [0.15, 0.2) is 48.5 Å². The molecular weight excluding hydrogens is 459 g/mol. The number of hydrogen-bond acceptors (Lipinski definition) is 6. The first-order valence-corrected chi connectivity index (χ1v) is 11.5. The summed E-state index contributed by atoms with van der Waals surface area (Å²) in [6, 6.07) is 13.2. The second-order valence-electron chi connectivity index (χ2n) is 8.93. The Labute approximate surface area is 201 Å². The molecule has 1 amide bonds. The van der Waals surface area contributed by atoms with Gasteiger partial charge in [-0.05, 0) is 61.9 Å². The van der Waals surface area contributed by atoms with Crippen LogP contribution in [0, 0.1) is 5.92 Å². The molecule has 0 radical (unpaired) electrons. The SMILES string of the molecule is CN(C)c1nc(NC2CCC(CNC(=O)c3cccc(OC(F)(F)F)c3)CC2)nc2ccccc12. The summed E-state index contributed by atoms with van der Waals surface area (Å²) in [5, 5.41) is 7.30. The van der Waals surface area contributed by atoms with E-state index in [1.165, 1.54) is 18.2 Å². The third-order valence-electron chi connectivity index (χ3n) is 6.07. The first kappa shape index (κ1) is 24.6. The van der Waals surface area contributed by atoms with Crippen LogP contribution in [-0.2, 0) is 0 Å². The fraction of sp³-hybridized carbons (Fsp3) is 0.400. The number of benzene rings is 2. The van der Waals surface area contributed by atoms with Crippen LogP contribution in [0.5, 0.6) is 5.75 Å². The van der Waals surface area contributed by atoms with Gasteiger partial charge in [-0.2, -0.15) is 4.98 Å². The van der Waals surface area contributed by atoms with Crippen molar-refractivity contribution in [1.82, 2.24) is 15.3 Å². The van der Waals surface area contributed by atoms with Crippen LogP contribution in [0.25, 0.3) is 10.9 Å². The lowest BCUT2D eigenvalue weighted by Gasteiger charge is -2.29. The smallest absolute Gasteiger partial charge is 0.406 e. The number of alkyl halides is 3. The lowest BCUT2D eigenvalue weighted by molar-refractivity contribution is -0.274. The quantitative estimate of drug-likeness (QED) is 0.489. The predicted molar refractivity (Wildman–Crippen MR) is 129 cm³/mol. The van der Waals surface area contributed by atoms with Gasteiger partial charge in [-0.25, -0.2) is 4.98 Å². The number of fused-ring (bicyclic) bond motifs is 1. The van der Waals surface area contributed by atoms with E-state index < -0.39 is 18.0 Å². The maximum atomic E-state index is 12.4. The van der Waals surface area contributed by atoms with Crippen LogP contribution in [-0.4, -0.2) is 48.9 Å². The summed E-state index contributed by atoms with van der Waals surface area (Å²) in [7, 11) is 3.91. The Morgan fingerprint density at radius 2 is 1.80 bits per heavy atom. The Morgan fingerprint density at radius 1 is 1.06 bits per heavy atom. The van der Waals surface area contributed by atoms with Crippen LogP contribution in [0.4, 0.5) is 24.9 Å². The molecule has 35 heavy (non-hydrogen) atoms. The van der Waals surface area contributed by atoms with Crippen LogP contribution in [0.2, 0.25) is 0 Å². The molecule has 1 aromatic heterocycles. The molecule has 0 saturated heterocycles. The number of amides is 1. The molecule has 0 unspecified atom stereocenters. The van der Waals surface area contributed by atoms with Gasteiger partial charge in [-0.1, -0.05) is 18.2 Å². The van der Waals surface area contributed by atoms with E-state index in [2.05, 4.69) is 20.4 Å². The molecule has 2 N–H and O–H groups in total. The van der Waals surface area contributed by atoms with Crippen molar-refractivity contribution in [1.29, 1.82) is 0 Å². The van der Waals surface area contributed by atoms with Crippen molar-refractivity contribution < 1.29 is 22.7 Å². The average molecular weight is 488 g/mol. The number of halogens is 3. The number of nitrogens with zero attached hydrogens (tertiary/aromatic N) is 3. The molecule has 0 aliphatic heterocycles. The van der Waals surface area contributed by atoms with Crippen molar-refractivity contribution in [3.8, 4) is 5.75 Å². The summed E-state index contributed by atoms with van der Waals surface area (Å²) < 4.78 is 41.2. The third kappa shape index (κ3) is 6.52. The van der Waals surface area contributed by atoms with E-state index in [-0.39, 0.29) is 11.6 Å². The lowest BCUT2D eigenvalue weighted by Crippen LogP contribution is -2.34. The average Bonchev–Trinajstić information content (AvgIpc) is 2.82. The second-order valence-corrected chi connectivity index (χ2v) is 8.93. The summed E-state index contributed by atoms with van der Waals surface area (Å²) >= 11 is 0. The van der Waals surface area contributed by atoms with E-state index in [4.69, 9.17) is 4.98 Å². The fourth-order valence-corrected chi connectivity index (χ4v) is 4.33. The van der Waals surface area contributed by atoms with Gasteiger partial charge in [0.15, 0.2) is 0 Å². The van der Waals surface area contributed by atoms with Crippen molar-refractivity contribution in [3.05, 3.63) is 54.1 Å². The topological polar surface area (TPSA) is 79.4 Å². The number of anilines is 2. The van der Waals surface area contributed by atoms with Crippen LogP contribution >= 0.6 is 0 Å². The molecule has 0 atom stereocenters. The molecule has 186 valence electrons. The maximum absolute atomic E-state index is 12.4. The highest BCUT2D eigenvalue weighted by molar-refractivity contribution is 5.94. The highest BCUT2D eigenvalue weighted by Crippen LogP contribution is 2.28. The van der Waals surface area contributed by atoms with Gasteiger partial charge in [0.1, 0.15) is 11.6 Å². The molecule has 0 spiro atoms. The standard InChI is InChI=1S/C25H28F3N5O2/c1-33(2)22-20-8-3-4-9-21(20)31-24(32-22)30-18-12-10-16(11-13-18)15-29-23(34)17-6-5-7-19(14-17)35-25(26,27)28/h3-9,14,16,18H,10-13,15H2,1-2H3,(H,29,34)(H,30,31,32). The zero-order chi connectivity index (χ0) is 25.0. The summed E-state index contributed by atoms with van der Waals surface area (Å²) in [6.07, 6.45) is -1.17. The van der Waals surface area contributed by atoms with Gasteiger partial charge in [-0.3, -0.25) is 4.79 Å². The molecule has 0 bridgehead atoms. The number of ether oxygens (including phenoxy) is 1. The van der Waals surface area contributed by atoms with Crippen molar-refractivity contribution in [2.24, 2.45) is 5.92 Å². The Hall–Kier alpha value is -3.56. The number of para-hydroxylation sites is 1. The van der Waals surface area contributed by atoms with Gasteiger partial charge in [0.2, 0.25) is 5.95 Å². The van der Waals surface area contributed by atoms with E-state index in [1.807, 2.05) is 43.3 Å². The number of carbonyl (C=O) groups is 1. The Balaban J connectivity index is 1.29. The summed E-state index contributed by atoms with van der Waals surface area (Å²) in [6.45, 7) is 0.465.